The van der Waals surface area contributed by atoms with Crippen LogP contribution in [0.1, 0.15) is 31.6 Å². The predicted molar refractivity (Wildman–Crippen MR) is 94.9 cm³/mol. The summed E-state index contributed by atoms with van der Waals surface area (Å²) >= 11 is 1.67. The maximum Gasteiger partial charge on any atom is 0.321 e. The molecular weight excluding hydrogens is 326 g/mol. The van der Waals surface area contributed by atoms with E-state index >= 15 is 0 Å². The van der Waals surface area contributed by atoms with Crippen LogP contribution in [-0.2, 0) is 16.1 Å². The molecule has 0 unspecified atom stereocenters. The summed E-state index contributed by atoms with van der Waals surface area (Å²) in [5.74, 6) is 0.0616. The number of carbonyl (C=O) groups is 2. The molecule has 3 amide bonds. The number of rotatable bonds is 8. The quantitative estimate of drug-likeness (QED) is 0.752. The second-order valence-corrected chi connectivity index (χ2v) is 7.57. The number of amides is 3. The first-order valence-electron chi connectivity index (χ1n) is 8.47. The molecule has 2 N–H and O–H groups in total. The first-order chi connectivity index (χ1) is 11.5. The standard InChI is InChI=1S/C17H27N3O3S/c1-13(2)9-18-17(22)19-16(21)12-20(10-14-5-3-7-23-14)11-15-6-4-8-24-15/h4,6,8,13-14H,3,5,7,9-12H2,1-2H3,(H2,18,19,21,22)/t14-/m1/s1. The zero-order valence-corrected chi connectivity index (χ0v) is 15.2. The number of ether oxygens (including phenoxy) is 1. The van der Waals surface area contributed by atoms with Gasteiger partial charge >= 0.3 is 6.03 Å². The van der Waals surface area contributed by atoms with E-state index in [0.717, 1.165) is 19.4 Å². The summed E-state index contributed by atoms with van der Waals surface area (Å²) in [6.45, 7) is 6.94. The predicted octanol–water partition coefficient (Wildman–Crippen LogP) is 2.21. The van der Waals surface area contributed by atoms with Gasteiger partial charge in [0.15, 0.2) is 0 Å². The third-order valence-electron chi connectivity index (χ3n) is 3.74. The number of imide groups is 1. The van der Waals surface area contributed by atoms with Gasteiger partial charge in [-0.3, -0.25) is 15.0 Å². The molecule has 0 bridgehead atoms. The Morgan fingerprint density at radius 3 is 2.92 bits per heavy atom. The molecule has 0 aliphatic carbocycles. The SMILES string of the molecule is CC(C)CNC(=O)NC(=O)CN(Cc1cccs1)C[C@H]1CCCO1. The number of hydrogen-bond donors (Lipinski definition) is 2. The first kappa shape index (κ1) is 18.9. The number of thiophene rings is 1. The van der Waals surface area contributed by atoms with E-state index in [1.807, 2.05) is 30.2 Å². The molecule has 1 fully saturated rings. The summed E-state index contributed by atoms with van der Waals surface area (Å²) < 4.78 is 5.68. The van der Waals surface area contributed by atoms with Gasteiger partial charge in [0.2, 0.25) is 5.91 Å². The van der Waals surface area contributed by atoms with E-state index in [2.05, 4.69) is 16.7 Å². The van der Waals surface area contributed by atoms with E-state index in [4.69, 9.17) is 4.74 Å². The zero-order chi connectivity index (χ0) is 17.4. The molecule has 2 rings (SSSR count). The van der Waals surface area contributed by atoms with E-state index in [-0.39, 0.29) is 18.6 Å². The van der Waals surface area contributed by atoms with Gasteiger partial charge in [-0.15, -0.1) is 11.3 Å². The minimum Gasteiger partial charge on any atom is -0.377 e. The van der Waals surface area contributed by atoms with Crippen LogP contribution in [0.25, 0.3) is 0 Å². The Kier molecular flexibility index (Phi) is 7.68. The van der Waals surface area contributed by atoms with Crippen molar-refractivity contribution >= 4 is 23.3 Å². The molecule has 6 nitrogen and oxygen atoms in total. The molecule has 1 aromatic heterocycles. The first-order valence-corrected chi connectivity index (χ1v) is 9.35. The maximum absolute atomic E-state index is 12.2. The molecule has 1 aliphatic rings. The minimum absolute atomic E-state index is 0.174. The van der Waals surface area contributed by atoms with Crippen molar-refractivity contribution in [2.24, 2.45) is 5.92 Å². The van der Waals surface area contributed by atoms with E-state index < -0.39 is 6.03 Å². The second kappa shape index (κ2) is 9.76. The normalized spacial score (nSPS) is 17.4. The van der Waals surface area contributed by atoms with Gasteiger partial charge < -0.3 is 10.1 Å². The number of carbonyl (C=O) groups excluding carboxylic acids is 2. The van der Waals surface area contributed by atoms with Crippen LogP contribution in [-0.4, -0.2) is 49.2 Å². The Balaban J connectivity index is 1.83. The maximum atomic E-state index is 12.2. The zero-order valence-electron chi connectivity index (χ0n) is 14.4. The number of nitrogens with zero attached hydrogens (tertiary/aromatic N) is 1. The lowest BCUT2D eigenvalue weighted by Gasteiger charge is -2.24. The molecule has 1 atom stereocenters. The summed E-state index contributed by atoms with van der Waals surface area (Å²) in [4.78, 5) is 27.1. The highest BCUT2D eigenvalue weighted by Gasteiger charge is 2.22. The number of nitrogens with one attached hydrogen (secondary N) is 2. The Hall–Kier alpha value is -1.44. The highest BCUT2D eigenvalue weighted by Crippen LogP contribution is 2.16. The van der Waals surface area contributed by atoms with Gasteiger partial charge in [-0.1, -0.05) is 19.9 Å². The Morgan fingerprint density at radius 2 is 2.29 bits per heavy atom. The lowest BCUT2D eigenvalue weighted by Crippen LogP contribution is -2.46. The van der Waals surface area contributed by atoms with Crippen LogP contribution in [0.3, 0.4) is 0 Å². The molecule has 7 heteroatoms. The summed E-state index contributed by atoms with van der Waals surface area (Å²) in [5, 5.41) is 7.12. The molecule has 0 saturated carbocycles. The highest BCUT2D eigenvalue weighted by molar-refractivity contribution is 7.09. The Morgan fingerprint density at radius 1 is 1.46 bits per heavy atom. The molecule has 134 valence electrons. The van der Waals surface area contributed by atoms with Crippen molar-refractivity contribution in [1.29, 1.82) is 0 Å². The van der Waals surface area contributed by atoms with Gasteiger partial charge in [0.05, 0.1) is 12.6 Å². The van der Waals surface area contributed by atoms with E-state index in [1.54, 1.807) is 11.3 Å². The highest BCUT2D eigenvalue weighted by atomic mass is 32.1. The molecule has 1 aromatic rings. The topological polar surface area (TPSA) is 70.7 Å². The van der Waals surface area contributed by atoms with Gasteiger partial charge in [-0.05, 0) is 30.2 Å². The van der Waals surface area contributed by atoms with Crippen molar-refractivity contribution in [3.05, 3.63) is 22.4 Å². The van der Waals surface area contributed by atoms with Crippen molar-refractivity contribution in [1.82, 2.24) is 15.5 Å². The smallest absolute Gasteiger partial charge is 0.321 e. The average molecular weight is 353 g/mol. The molecule has 0 aromatic carbocycles. The van der Waals surface area contributed by atoms with Gasteiger partial charge in [-0.25, -0.2) is 4.79 Å². The largest absolute Gasteiger partial charge is 0.377 e. The van der Waals surface area contributed by atoms with Gasteiger partial charge in [0, 0.05) is 31.1 Å². The fraction of sp³-hybridized carbons (Fsp3) is 0.647. The third-order valence-corrected chi connectivity index (χ3v) is 4.60. The summed E-state index contributed by atoms with van der Waals surface area (Å²) in [6, 6.07) is 3.63. The van der Waals surface area contributed by atoms with Crippen molar-refractivity contribution in [2.45, 2.75) is 39.3 Å². The van der Waals surface area contributed by atoms with Gasteiger partial charge in [0.1, 0.15) is 0 Å². The summed E-state index contributed by atoms with van der Waals surface area (Å²) in [6.07, 6.45) is 2.27. The number of hydrogen-bond acceptors (Lipinski definition) is 5. The van der Waals surface area contributed by atoms with Crippen molar-refractivity contribution in [3.63, 3.8) is 0 Å². The molecular formula is C17H27N3O3S. The van der Waals surface area contributed by atoms with Crippen molar-refractivity contribution in [2.75, 3.05) is 26.2 Å². The number of urea groups is 1. The Bertz CT molecular complexity index is 513. The van der Waals surface area contributed by atoms with E-state index in [9.17, 15) is 9.59 Å². The molecule has 1 saturated heterocycles. The van der Waals surface area contributed by atoms with Crippen LogP contribution in [0, 0.1) is 5.92 Å². The summed E-state index contributed by atoms with van der Waals surface area (Å²) in [7, 11) is 0. The molecule has 24 heavy (non-hydrogen) atoms. The fourth-order valence-corrected chi connectivity index (χ4v) is 3.34. The summed E-state index contributed by atoms with van der Waals surface area (Å²) in [5.41, 5.74) is 0. The van der Waals surface area contributed by atoms with E-state index in [0.29, 0.717) is 25.6 Å². The second-order valence-electron chi connectivity index (χ2n) is 6.54. The van der Waals surface area contributed by atoms with Gasteiger partial charge in [-0.2, -0.15) is 0 Å². The lowest BCUT2D eigenvalue weighted by molar-refractivity contribution is -0.121. The van der Waals surface area contributed by atoms with Crippen LogP contribution in [0.15, 0.2) is 17.5 Å². The molecule has 2 heterocycles. The van der Waals surface area contributed by atoms with Crippen LogP contribution in [0.4, 0.5) is 4.79 Å². The average Bonchev–Trinajstić information content (AvgIpc) is 3.18. The molecule has 0 spiro atoms. The van der Waals surface area contributed by atoms with Crippen molar-refractivity contribution < 1.29 is 14.3 Å². The van der Waals surface area contributed by atoms with E-state index in [1.165, 1.54) is 4.88 Å². The molecule has 0 radical (unpaired) electrons. The fourth-order valence-electron chi connectivity index (χ4n) is 2.59. The third kappa shape index (κ3) is 6.98. The van der Waals surface area contributed by atoms with Crippen LogP contribution in [0.5, 0.6) is 0 Å². The minimum atomic E-state index is -0.429. The monoisotopic (exact) mass is 353 g/mol. The van der Waals surface area contributed by atoms with Crippen LogP contribution < -0.4 is 10.6 Å². The molecule has 1 aliphatic heterocycles. The van der Waals surface area contributed by atoms with Crippen molar-refractivity contribution in [3.8, 4) is 0 Å². The van der Waals surface area contributed by atoms with Gasteiger partial charge in [0.25, 0.3) is 0 Å². The van der Waals surface area contributed by atoms with Crippen LogP contribution in [0.2, 0.25) is 0 Å². The lowest BCUT2D eigenvalue weighted by atomic mass is 10.2. The van der Waals surface area contributed by atoms with Crippen LogP contribution >= 0.6 is 11.3 Å². The Labute approximate surface area is 147 Å².